The van der Waals surface area contributed by atoms with Gasteiger partial charge >= 0.3 is 0 Å². The first-order chi connectivity index (χ1) is 15.9. The fourth-order valence-electron chi connectivity index (χ4n) is 3.55. The van der Waals surface area contributed by atoms with Crippen molar-refractivity contribution in [2.75, 3.05) is 23.0 Å². The number of amides is 1. The summed E-state index contributed by atoms with van der Waals surface area (Å²) >= 11 is 3.11. The van der Waals surface area contributed by atoms with Crippen molar-refractivity contribution in [1.29, 1.82) is 0 Å². The molecule has 2 heterocycles. The maximum absolute atomic E-state index is 13.1. The SMILES string of the molecule is CC1CCN(C(=O)CSc2nnc(COc3ccc(C(C)C)cc3)n2N)c2ccccc2S1. The van der Waals surface area contributed by atoms with Gasteiger partial charge in [0.15, 0.2) is 5.82 Å². The Kier molecular flexibility index (Phi) is 7.49. The lowest BCUT2D eigenvalue weighted by molar-refractivity contribution is -0.116. The second-order valence-corrected chi connectivity index (χ2v) is 10.7. The van der Waals surface area contributed by atoms with Gasteiger partial charge < -0.3 is 15.5 Å². The molecular weight excluding hydrogens is 454 g/mol. The van der Waals surface area contributed by atoms with Gasteiger partial charge in [0.25, 0.3) is 0 Å². The number of fused-ring (bicyclic) bond motifs is 1. The van der Waals surface area contributed by atoms with Crippen LogP contribution in [0.5, 0.6) is 5.75 Å². The summed E-state index contributed by atoms with van der Waals surface area (Å²) in [5.74, 6) is 8.17. The number of aromatic nitrogens is 3. The van der Waals surface area contributed by atoms with Gasteiger partial charge in [-0.3, -0.25) is 4.79 Å². The third-order valence-corrected chi connectivity index (χ3v) is 7.68. The summed E-state index contributed by atoms with van der Waals surface area (Å²) in [7, 11) is 0. The molecular formula is C24H29N5O2S2. The minimum Gasteiger partial charge on any atom is -0.486 e. The minimum atomic E-state index is 0.0354. The Morgan fingerprint density at radius 1 is 1.21 bits per heavy atom. The summed E-state index contributed by atoms with van der Waals surface area (Å²) in [5, 5.41) is 9.25. The number of carbonyl (C=O) groups is 1. The molecule has 33 heavy (non-hydrogen) atoms. The minimum absolute atomic E-state index is 0.0354. The van der Waals surface area contributed by atoms with Gasteiger partial charge in [0, 0.05) is 16.7 Å². The predicted octanol–water partition coefficient (Wildman–Crippen LogP) is 4.70. The predicted molar refractivity (Wildman–Crippen MR) is 134 cm³/mol. The number of rotatable bonds is 7. The van der Waals surface area contributed by atoms with E-state index in [4.69, 9.17) is 10.6 Å². The maximum atomic E-state index is 13.1. The monoisotopic (exact) mass is 483 g/mol. The van der Waals surface area contributed by atoms with E-state index in [0.29, 0.717) is 28.7 Å². The quantitative estimate of drug-likeness (QED) is 0.385. The van der Waals surface area contributed by atoms with Gasteiger partial charge in [-0.15, -0.1) is 22.0 Å². The number of ether oxygens (including phenoxy) is 1. The number of hydrogen-bond donors (Lipinski definition) is 1. The number of benzene rings is 2. The van der Waals surface area contributed by atoms with E-state index in [2.05, 4.69) is 49.2 Å². The Balaban J connectivity index is 1.36. The van der Waals surface area contributed by atoms with Gasteiger partial charge in [-0.05, 0) is 42.2 Å². The van der Waals surface area contributed by atoms with Gasteiger partial charge in [0.05, 0.1) is 11.4 Å². The topological polar surface area (TPSA) is 86.3 Å². The van der Waals surface area contributed by atoms with Crippen LogP contribution in [-0.4, -0.2) is 38.3 Å². The van der Waals surface area contributed by atoms with Crippen molar-refractivity contribution in [1.82, 2.24) is 14.9 Å². The first-order valence-electron chi connectivity index (χ1n) is 11.0. The number of nitrogens with zero attached hydrogens (tertiary/aromatic N) is 4. The van der Waals surface area contributed by atoms with Crippen LogP contribution in [0.3, 0.4) is 0 Å². The highest BCUT2D eigenvalue weighted by Gasteiger charge is 2.24. The van der Waals surface area contributed by atoms with E-state index in [1.807, 2.05) is 47.0 Å². The van der Waals surface area contributed by atoms with Crippen molar-refractivity contribution in [3.63, 3.8) is 0 Å². The molecule has 1 unspecified atom stereocenters. The fraction of sp³-hybridized carbons (Fsp3) is 0.375. The molecule has 0 fully saturated rings. The van der Waals surface area contributed by atoms with Crippen LogP contribution in [0.2, 0.25) is 0 Å². The van der Waals surface area contributed by atoms with Crippen LogP contribution in [-0.2, 0) is 11.4 Å². The van der Waals surface area contributed by atoms with E-state index in [9.17, 15) is 4.79 Å². The van der Waals surface area contributed by atoms with Gasteiger partial charge in [-0.2, -0.15) is 0 Å². The number of nitrogen functional groups attached to an aromatic ring is 1. The number of carbonyl (C=O) groups excluding carboxylic acids is 1. The Morgan fingerprint density at radius 2 is 1.97 bits per heavy atom. The summed E-state index contributed by atoms with van der Waals surface area (Å²) in [6, 6.07) is 16.1. The lowest BCUT2D eigenvalue weighted by Crippen LogP contribution is -2.33. The standard InChI is InChI=1S/C24H29N5O2S2/c1-16(2)18-8-10-19(11-9-18)31-14-22-26-27-24(29(22)25)32-15-23(30)28-13-12-17(3)33-21-7-5-4-6-20(21)28/h4-11,16-17H,12-15,25H2,1-3H3. The van der Waals surface area contributed by atoms with E-state index in [0.717, 1.165) is 22.8 Å². The number of para-hydroxylation sites is 1. The molecule has 9 heteroatoms. The van der Waals surface area contributed by atoms with Crippen LogP contribution >= 0.6 is 23.5 Å². The molecule has 3 aromatic rings. The lowest BCUT2D eigenvalue weighted by atomic mass is 10.0. The molecule has 174 valence electrons. The third kappa shape index (κ3) is 5.65. The molecule has 2 N–H and O–H groups in total. The van der Waals surface area contributed by atoms with Crippen molar-refractivity contribution in [2.45, 2.75) is 55.0 Å². The summed E-state index contributed by atoms with van der Waals surface area (Å²) in [4.78, 5) is 16.1. The Morgan fingerprint density at radius 3 is 2.73 bits per heavy atom. The molecule has 0 saturated heterocycles. The Bertz CT molecular complexity index is 1100. The molecule has 0 spiro atoms. The summed E-state index contributed by atoms with van der Waals surface area (Å²) < 4.78 is 7.21. The molecule has 1 aliphatic heterocycles. The molecule has 1 atom stereocenters. The van der Waals surface area contributed by atoms with Crippen LogP contribution in [0.15, 0.2) is 58.6 Å². The average molecular weight is 484 g/mol. The van der Waals surface area contributed by atoms with E-state index < -0.39 is 0 Å². The second-order valence-electron chi connectivity index (χ2n) is 8.30. The summed E-state index contributed by atoms with van der Waals surface area (Å²) in [6.07, 6.45) is 0.947. The zero-order valence-electron chi connectivity index (χ0n) is 19.1. The molecule has 7 nitrogen and oxygen atoms in total. The lowest BCUT2D eigenvalue weighted by Gasteiger charge is -2.22. The van der Waals surface area contributed by atoms with Crippen LogP contribution in [0, 0.1) is 0 Å². The Labute approximate surface area is 203 Å². The van der Waals surface area contributed by atoms with Gasteiger partial charge in [0.1, 0.15) is 12.4 Å². The zero-order valence-corrected chi connectivity index (χ0v) is 20.7. The first kappa shape index (κ1) is 23.5. The van der Waals surface area contributed by atoms with Crippen molar-refractivity contribution in [3.8, 4) is 5.75 Å². The average Bonchev–Trinajstić information content (AvgIpc) is 3.06. The van der Waals surface area contributed by atoms with Crippen LogP contribution in [0.4, 0.5) is 5.69 Å². The van der Waals surface area contributed by atoms with Crippen molar-refractivity contribution in [3.05, 3.63) is 59.9 Å². The molecule has 4 rings (SSSR count). The summed E-state index contributed by atoms with van der Waals surface area (Å²) in [5.41, 5.74) is 2.23. The number of thioether (sulfide) groups is 2. The van der Waals surface area contributed by atoms with Gasteiger partial charge in [-0.1, -0.05) is 56.8 Å². The number of hydrogen-bond acceptors (Lipinski definition) is 7. The molecule has 2 aromatic carbocycles. The maximum Gasteiger partial charge on any atom is 0.237 e. The number of anilines is 1. The molecule has 1 aromatic heterocycles. The highest BCUT2D eigenvalue weighted by Crippen LogP contribution is 2.37. The van der Waals surface area contributed by atoms with Crippen molar-refractivity contribution >= 4 is 35.1 Å². The normalized spacial score (nSPS) is 15.9. The molecule has 1 aliphatic rings. The van der Waals surface area contributed by atoms with Crippen LogP contribution in [0.1, 0.15) is 44.5 Å². The van der Waals surface area contributed by atoms with E-state index in [1.54, 1.807) is 0 Å². The molecule has 1 amide bonds. The largest absolute Gasteiger partial charge is 0.486 e. The van der Waals surface area contributed by atoms with Gasteiger partial charge in [-0.25, -0.2) is 4.68 Å². The summed E-state index contributed by atoms with van der Waals surface area (Å²) in [6.45, 7) is 7.41. The van der Waals surface area contributed by atoms with E-state index in [-0.39, 0.29) is 18.3 Å². The molecule has 0 bridgehead atoms. The van der Waals surface area contributed by atoms with Crippen molar-refractivity contribution < 1.29 is 9.53 Å². The van der Waals surface area contributed by atoms with Gasteiger partial charge in [0.2, 0.25) is 11.1 Å². The number of nitrogens with two attached hydrogens (primary N) is 1. The van der Waals surface area contributed by atoms with E-state index in [1.165, 1.54) is 22.0 Å². The molecule has 0 saturated carbocycles. The van der Waals surface area contributed by atoms with Crippen LogP contribution < -0.4 is 15.5 Å². The second kappa shape index (κ2) is 10.5. The highest BCUT2D eigenvalue weighted by atomic mass is 32.2. The first-order valence-corrected chi connectivity index (χ1v) is 12.9. The van der Waals surface area contributed by atoms with E-state index >= 15 is 0 Å². The van der Waals surface area contributed by atoms with Crippen molar-refractivity contribution in [2.24, 2.45) is 0 Å². The van der Waals surface area contributed by atoms with Crippen LogP contribution in [0.25, 0.3) is 0 Å². The highest BCUT2D eigenvalue weighted by molar-refractivity contribution is 8.00. The molecule has 0 aliphatic carbocycles. The third-order valence-electron chi connectivity index (χ3n) is 5.52. The Hall–Kier alpha value is -2.65. The zero-order chi connectivity index (χ0) is 23.4. The fourth-order valence-corrected chi connectivity index (χ4v) is 5.42. The smallest absolute Gasteiger partial charge is 0.237 e. The molecule has 0 radical (unpaired) electrons.